The molecule has 114 valence electrons. The van der Waals surface area contributed by atoms with Gasteiger partial charge in [0, 0.05) is 0 Å². The highest BCUT2D eigenvalue weighted by molar-refractivity contribution is 7.80. The van der Waals surface area contributed by atoms with Crippen LogP contribution in [-0.2, 0) is 4.79 Å². The lowest BCUT2D eigenvalue weighted by atomic mass is 9.79. The maximum Gasteiger partial charge on any atom is 0.233 e. The Bertz CT molecular complexity index is 493. The highest BCUT2D eigenvalue weighted by Crippen LogP contribution is 2.36. The third-order valence-corrected chi connectivity index (χ3v) is 4.90. The number of carbonyl (C=O) groups is 1. The van der Waals surface area contributed by atoms with Gasteiger partial charge in [0.2, 0.25) is 5.91 Å². The zero-order chi connectivity index (χ0) is 15.3. The van der Waals surface area contributed by atoms with Crippen molar-refractivity contribution in [3.05, 3.63) is 35.9 Å². The molecule has 1 atom stereocenters. The molecular weight excluding hydrogens is 280 g/mol. The highest BCUT2D eigenvalue weighted by Gasteiger charge is 2.41. The van der Waals surface area contributed by atoms with Crippen LogP contribution in [0.25, 0.3) is 0 Å². The van der Waals surface area contributed by atoms with Gasteiger partial charge >= 0.3 is 0 Å². The van der Waals surface area contributed by atoms with Crippen molar-refractivity contribution < 1.29 is 4.79 Å². The first-order chi connectivity index (χ1) is 10.1. The maximum atomic E-state index is 12.8. The van der Waals surface area contributed by atoms with E-state index in [9.17, 15) is 4.79 Å². The van der Waals surface area contributed by atoms with Gasteiger partial charge < -0.3 is 11.1 Å². The van der Waals surface area contributed by atoms with Crippen LogP contribution in [0.5, 0.6) is 0 Å². The summed E-state index contributed by atoms with van der Waals surface area (Å²) in [5.41, 5.74) is 6.39. The molecular formula is C17H24N2OS. The van der Waals surface area contributed by atoms with Crippen LogP contribution in [0, 0.1) is 5.41 Å². The summed E-state index contributed by atoms with van der Waals surface area (Å²) in [6.45, 7) is 2.00. The van der Waals surface area contributed by atoms with Crippen molar-refractivity contribution in [1.82, 2.24) is 5.32 Å². The van der Waals surface area contributed by atoms with Gasteiger partial charge in [-0.05, 0) is 25.3 Å². The molecule has 0 saturated heterocycles. The molecule has 1 aliphatic carbocycles. The zero-order valence-corrected chi connectivity index (χ0v) is 13.4. The van der Waals surface area contributed by atoms with Crippen molar-refractivity contribution in [2.24, 2.45) is 11.1 Å². The predicted molar refractivity (Wildman–Crippen MR) is 89.9 cm³/mol. The number of carbonyl (C=O) groups excluding carboxylic acids is 1. The van der Waals surface area contributed by atoms with Crippen LogP contribution in [-0.4, -0.2) is 10.9 Å². The summed E-state index contributed by atoms with van der Waals surface area (Å²) in [6.07, 6.45) is 5.90. The second kappa shape index (κ2) is 7.03. The summed E-state index contributed by atoms with van der Waals surface area (Å²) < 4.78 is 0. The summed E-state index contributed by atoms with van der Waals surface area (Å²) in [5, 5.41) is 3.11. The molecule has 2 rings (SSSR count). The molecule has 0 heterocycles. The largest absolute Gasteiger partial charge is 0.392 e. The van der Waals surface area contributed by atoms with E-state index in [-0.39, 0.29) is 11.9 Å². The van der Waals surface area contributed by atoms with Crippen LogP contribution in [0.1, 0.15) is 57.1 Å². The maximum absolute atomic E-state index is 12.8. The summed E-state index contributed by atoms with van der Waals surface area (Å²) in [6, 6.07) is 9.93. The Kier molecular flexibility index (Phi) is 5.34. The van der Waals surface area contributed by atoms with Gasteiger partial charge in [-0.25, -0.2) is 0 Å². The van der Waals surface area contributed by atoms with Gasteiger partial charge in [-0.15, -0.1) is 0 Å². The molecule has 1 aromatic carbocycles. The van der Waals surface area contributed by atoms with Crippen molar-refractivity contribution in [2.45, 2.75) is 51.5 Å². The molecule has 1 aromatic rings. The molecule has 0 aliphatic heterocycles. The average molecular weight is 304 g/mol. The molecule has 3 nitrogen and oxygen atoms in total. The first-order valence-electron chi connectivity index (χ1n) is 7.72. The quantitative estimate of drug-likeness (QED) is 0.661. The Morgan fingerprint density at radius 2 is 1.76 bits per heavy atom. The van der Waals surface area contributed by atoms with Gasteiger partial charge in [-0.1, -0.05) is 68.2 Å². The van der Waals surface area contributed by atoms with Crippen molar-refractivity contribution in [2.75, 3.05) is 0 Å². The second-order valence-electron chi connectivity index (χ2n) is 5.97. The number of rotatable bonds is 4. The first kappa shape index (κ1) is 16.0. The van der Waals surface area contributed by atoms with Crippen LogP contribution >= 0.6 is 12.2 Å². The van der Waals surface area contributed by atoms with E-state index in [2.05, 4.69) is 5.32 Å². The van der Waals surface area contributed by atoms with Gasteiger partial charge in [0.15, 0.2) is 0 Å². The molecule has 1 unspecified atom stereocenters. The zero-order valence-electron chi connectivity index (χ0n) is 12.6. The van der Waals surface area contributed by atoms with E-state index in [1.807, 2.05) is 37.3 Å². The van der Waals surface area contributed by atoms with Gasteiger partial charge in [-0.2, -0.15) is 0 Å². The molecule has 0 spiro atoms. The minimum Gasteiger partial charge on any atom is -0.392 e. The number of benzene rings is 1. The minimum absolute atomic E-state index is 0.00625. The van der Waals surface area contributed by atoms with Gasteiger partial charge in [0.1, 0.15) is 0 Å². The van der Waals surface area contributed by atoms with E-state index in [0.29, 0.717) is 4.99 Å². The van der Waals surface area contributed by atoms with Crippen molar-refractivity contribution in [3.8, 4) is 0 Å². The molecule has 0 radical (unpaired) electrons. The summed E-state index contributed by atoms with van der Waals surface area (Å²) in [4.78, 5) is 13.2. The van der Waals surface area contributed by atoms with E-state index in [1.165, 1.54) is 0 Å². The van der Waals surface area contributed by atoms with Crippen molar-refractivity contribution in [3.63, 3.8) is 0 Å². The lowest BCUT2D eigenvalue weighted by Crippen LogP contribution is -2.49. The van der Waals surface area contributed by atoms with E-state index < -0.39 is 5.41 Å². The highest BCUT2D eigenvalue weighted by atomic mass is 32.1. The fraction of sp³-hybridized carbons (Fsp3) is 0.529. The lowest BCUT2D eigenvalue weighted by molar-refractivity contribution is -0.128. The van der Waals surface area contributed by atoms with Gasteiger partial charge in [0.25, 0.3) is 0 Å². The molecule has 1 saturated carbocycles. The molecule has 4 heteroatoms. The Hall–Kier alpha value is -1.42. The molecule has 1 aliphatic rings. The minimum atomic E-state index is -0.658. The summed E-state index contributed by atoms with van der Waals surface area (Å²) >= 11 is 5.25. The summed E-state index contributed by atoms with van der Waals surface area (Å²) in [7, 11) is 0. The molecule has 1 amide bonds. The van der Waals surface area contributed by atoms with Crippen LogP contribution in [0.3, 0.4) is 0 Å². The van der Waals surface area contributed by atoms with Crippen LogP contribution in [0.15, 0.2) is 30.3 Å². The van der Waals surface area contributed by atoms with Crippen LogP contribution < -0.4 is 11.1 Å². The van der Waals surface area contributed by atoms with Crippen LogP contribution in [0.4, 0.5) is 0 Å². The molecule has 3 N–H and O–H groups in total. The monoisotopic (exact) mass is 304 g/mol. The second-order valence-corrected chi connectivity index (χ2v) is 6.41. The fourth-order valence-electron chi connectivity index (χ4n) is 3.08. The Morgan fingerprint density at radius 3 is 2.29 bits per heavy atom. The lowest BCUT2D eigenvalue weighted by Gasteiger charge is -2.31. The Balaban J connectivity index is 2.14. The Labute approximate surface area is 132 Å². The number of amides is 1. The number of nitrogens with two attached hydrogens (primary N) is 1. The third-order valence-electron chi connectivity index (χ3n) is 4.51. The smallest absolute Gasteiger partial charge is 0.233 e. The third kappa shape index (κ3) is 3.62. The number of nitrogens with one attached hydrogen (secondary N) is 1. The molecule has 0 aromatic heterocycles. The van der Waals surface area contributed by atoms with Crippen LogP contribution in [0.2, 0.25) is 0 Å². The Morgan fingerprint density at radius 1 is 1.19 bits per heavy atom. The standard InChI is InChI=1S/C17H24N2OS/c1-13(14-9-5-4-6-10-14)19-16(20)17(15(18)21)11-7-2-3-8-12-17/h4-6,9-10,13H,2-3,7-8,11-12H2,1H3,(H2,18,21)(H,19,20). The first-order valence-corrected chi connectivity index (χ1v) is 8.13. The predicted octanol–water partition coefficient (Wildman–Crippen LogP) is 3.49. The van der Waals surface area contributed by atoms with E-state index in [1.54, 1.807) is 0 Å². The van der Waals surface area contributed by atoms with Gasteiger partial charge in [-0.3, -0.25) is 4.79 Å². The number of hydrogen-bond donors (Lipinski definition) is 2. The molecule has 21 heavy (non-hydrogen) atoms. The average Bonchev–Trinajstić information content (AvgIpc) is 2.75. The normalized spacial score (nSPS) is 19.3. The van der Waals surface area contributed by atoms with Gasteiger partial charge in [0.05, 0.1) is 16.4 Å². The van der Waals surface area contributed by atoms with E-state index in [4.69, 9.17) is 18.0 Å². The molecule has 0 bridgehead atoms. The summed E-state index contributed by atoms with van der Waals surface area (Å²) in [5.74, 6) is -0.00625. The number of thiocarbonyl (C=S) groups is 1. The van der Waals surface area contributed by atoms with E-state index in [0.717, 1.165) is 44.1 Å². The topological polar surface area (TPSA) is 55.1 Å². The van der Waals surface area contributed by atoms with Crippen molar-refractivity contribution >= 4 is 23.1 Å². The number of hydrogen-bond acceptors (Lipinski definition) is 2. The fourth-order valence-corrected chi connectivity index (χ4v) is 3.37. The van der Waals surface area contributed by atoms with Crippen molar-refractivity contribution in [1.29, 1.82) is 0 Å². The van der Waals surface area contributed by atoms with E-state index >= 15 is 0 Å². The SMILES string of the molecule is CC(NC(=O)C1(C(N)=S)CCCCCC1)c1ccccc1. The molecule has 1 fully saturated rings.